The van der Waals surface area contributed by atoms with Crippen molar-refractivity contribution in [3.8, 4) is 0 Å². The molecule has 4 rings (SSSR count). The van der Waals surface area contributed by atoms with E-state index in [1.807, 2.05) is 0 Å². The maximum absolute atomic E-state index is 3.62. The number of hydrogen-bond acceptors (Lipinski definition) is 1. The van der Waals surface area contributed by atoms with Crippen molar-refractivity contribution in [2.75, 3.05) is 0 Å². The lowest BCUT2D eigenvalue weighted by molar-refractivity contribution is 0.692. The van der Waals surface area contributed by atoms with Gasteiger partial charge in [0.05, 0.1) is 0 Å². The number of fused-ring (bicyclic) bond motifs is 1. The lowest BCUT2D eigenvalue weighted by atomic mass is 10.1. The molecular weight excluding hydrogens is 420 g/mol. The summed E-state index contributed by atoms with van der Waals surface area (Å²) in [6.07, 6.45) is 2.28. The normalized spacial score (nSPS) is 10.7. The van der Waals surface area contributed by atoms with Gasteiger partial charge in [0.15, 0.2) is 0 Å². The zero-order valence-electron chi connectivity index (χ0n) is 14.9. The van der Waals surface area contributed by atoms with E-state index in [1.54, 1.807) is 0 Å². The minimum atomic E-state index is 0. The highest BCUT2D eigenvalue weighted by Gasteiger charge is 2.09. The summed E-state index contributed by atoms with van der Waals surface area (Å²) in [4.78, 5) is 0. The molecule has 0 aliphatic heterocycles. The second-order valence-corrected chi connectivity index (χ2v) is 7.43. The van der Waals surface area contributed by atoms with Crippen LogP contribution in [0.3, 0.4) is 0 Å². The first kappa shape index (κ1) is 19.7. The van der Waals surface area contributed by atoms with Gasteiger partial charge in [0, 0.05) is 41.2 Å². The fourth-order valence-corrected chi connectivity index (χ4v) is 3.69. The quantitative estimate of drug-likeness (QED) is 0.379. The Hall–Kier alpha value is -2.07. The van der Waals surface area contributed by atoms with E-state index >= 15 is 0 Å². The number of hydrogen-bond donors (Lipinski definition) is 1. The van der Waals surface area contributed by atoms with Crippen LogP contribution < -0.4 is 5.32 Å². The highest BCUT2D eigenvalue weighted by molar-refractivity contribution is 9.10. The molecule has 0 saturated heterocycles. The van der Waals surface area contributed by atoms with E-state index in [-0.39, 0.29) is 12.4 Å². The van der Waals surface area contributed by atoms with Gasteiger partial charge in [0.25, 0.3) is 0 Å². The smallest absolute Gasteiger partial charge is 0.0487 e. The first-order valence-electron chi connectivity index (χ1n) is 8.85. The molecule has 2 nitrogen and oxygen atoms in total. The van der Waals surface area contributed by atoms with Crippen LogP contribution in [0, 0.1) is 0 Å². The van der Waals surface area contributed by atoms with Crippen molar-refractivity contribution in [3.63, 3.8) is 0 Å². The lowest BCUT2D eigenvalue weighted by Gasteiger charge is -2.05. The number of nitrogens with one attached hydrogen (secondary N) is 1. The van der Waals surface area contributed by atoms with E-state index in [1.165, 1.54) is 27.6 Å². The number of halogens is 2. The number of rotatable bonds is 6. The highest BCUT2D eigenvalue weighted by atomic mass is 79.9. The number of nitrogens with zero attached hydrogens (tertiary/aromatic N) is 1. The first-order chi connectivity index (χ1) is 12.8. The molecule has 0 aliphatic carbocycles. The van der Waals surface area contributed by atoms with Gasteiger partial charge in [-0.05, 0) is 34.9 Å². The topological polar surface area (TPSA) is 17.0 Å². The van der Waals surface area contributed by atoms with Crippen molar-refractivity contribution in [3.05, 3.63) is 106 Å². The molecule has 3 aromatic carbocycles. The number of aromatic nitrogens is 1. The Kier molecular flexibility index (Phi) is 6.73. The summed E-state index contributed by atoms with van der Waals surface area (Å²) in [5.74, 6) is 0. The molecule has 1 aromatic heterocycles. The summed E-state index contributed by atoms with van der Waals surface area (Å²) in [6.45, 7) is 2.61. The van der Waals surface area contributed by atoms with E-state index in [2.05, 4.69) is 111 Å². The summed E-state index contributed by atoms with van der Waals surface area (Å²) in [5.41, 5.74) is 5.22. The molecule has 0 unspecified atom stereocenters. The second kappa shape index (κ2) is 9.23. The zero-order chi connectivity index (χ0) is 17.8. The van der Waals surface area contributed by atoms with Crippen molar-refractivity contribution < 1.29 is 0 Å². The van der Waals surface area contributed by atoms with Crippen LogP contribution in [0.1, 0.15) is 16.7 Å². The van der Waals surface area contributed by atoms with E-state index in [0.717, 1.165) is 24.1 Å². The first-order valence-corrected chi connectivity index (χ1v) is 9.65. The van der Waals surface area contributed by atoms with Crippen LogP contribution in [0.25, 0.3) is 10.9 Å². The van der Waals surface area contributed by atoms with Gasteiger partial charge >= 0.3 is 0 Å². The van der Waals surface area contributed by atoms with Gasteiger partial charge < -0.3 is 9.88 Å². The molecule has 0 atom stereocenters. The van der Waals surface area contributed by atoms with Crippen LogP contribution in [0.5, 0.6) is 0 Å². The van der Waals surface area contributed by atoms with Crippen LogP contribution in [0.2, 0.25) is 0 Å². The molecule has 0 aliphatic rings. The summed E-state index contributed by atoms with van der Waals surface area (Å²) in [6, 6.07) is 27.7. The minimum Gasteiger partial charge on any atom is -0.343 e. The highest BCUT2D eigenvalue weighted by Crippen LogP contribution is 2.26. The molecule has 1 heterocycles. The zero-order valence-corrected chi connectivity index (χ0v) is 17.3. The molecule has 27 heavy (non-hydrogen) atoms. The Morgan fingerprint density at radius 3 is 2.15 bits per heavy atom. The van der Waals surface area contributed by atoms with Gasteiger partial charge in [-0.2, -0.15) is 0 Å². The molecule has 0 bridgehead atoms. The van der Waals surface area contributed by atoms with Crippen molar-refractivity contribution in [2.24, 2.45) is 0 Å². The van der Waals surface area contributed by atoms with Gasteiger partial charge in [-0.15, -0.1) is 12.4 Å². The lowest BCUT2D eigenvalue weighted by Crippen LogP contribution is -2.12. The van der Waals surface area contributed by atoms with E-state index < -0.39 is 0 Å². The molecular formula is C23H22BrClN2. The van der Waals surface area contributed by atoms with E-state index in [0.29, 0.717) is 0 Å². The molecule has 0 amide bonds. The minimum absolute atomic E-state index is 0. The van der Waals surface area contributed by atoms with Crippen LogP contribution in [0.15, 0.2) is 89.5 Å². The number of benzene rings is 3. The SMILES string of the molecule is Brc1ccc2c(c1)c(CNCc1ccccc1)cn2Cc1ccccc1.Cl. The average Bonchev–Trinajstić information content (AvgIpc) is 3.00. The van der Waals surface area contributed by atoms with Gasteiger partial charge in [-0.1, -0.05) is 76.6 Å². The third-order valence-electron chi connectivity index (χ3n) is 4.61. The van der Waals surface area contributed by atoms with Crippen molar-refractivity contribution in [1.29, 1.82) is 0 Å². The molecule has 4 heteroatoms. The van der Waals surface area contributed by atoms with Crippen molar-refractivity contribution in [1.82, 2.24) is 9.88 Å². The molecule has 138 valence electrons. The van der Waals surface area contributed by atoms with Gasteiger partial charge in [0.2, 0.25) is 0 Å². The summed E-state index contributed by atoms with van der Waals surface area (Å²) >= 11 is 3.62. The Balaban J connectivity index is 0.00000210. The molecule has 0 saturated carbocycles. The van der Waals surface area contributed by atoms with Crippen molar-refractivity contribution >= 4 is 39.2 Å². The summed E-state index contributed by atoms with van der Waals surface area (Å²) in [5, 5.41) is 4.88. The average molecular weight is 442 g/mol. The maximum Gasteiger partial charge on any atom is 0.0487 e. The van der Waals surface area contributed by atoms with Gasteiger partial charge in [-0.25, -0.2) is 0 Å². The third-order valence-corrected chi connectivity index (χ3v) is 5.10. The second-order valence-electron chi connectivity index (χ2n) is 6.52. The Labute approximate surface area is 174 Å². The molecule has 0 fully saturated rings. The van der Waals surface area contributed by atoms with Crippen LogP contribution >= 0.6 is 28.3 Å². The summed E-state index contributed by atoms with van der Waals surface area (Å²) < 4.78 is 3.46. The fraction of sp³-hybridized carbons (Fsp3) is 0.130. The van der Waals surface area contributed by atoms with Crippen LogP contribution in [-0.2, 0) is 19.6 Å². The molecule has 4 aromatic rings. The predicted octanol–water partition coefficient (Wildman–Crippen LogP) is 6.16. The standard InChI is InChI=1S/C23H21BrN2.ClH/c24-21-11-12-23-22(13-21)20(15-25-14-18-7-3-1-4-8-18)17-26(23)16-19-9-5-2-6-10-19;/h1-13,17,25H,14-16H2;1H. The Bertz CT molecular complexity index is 997. The fourth-order valence-electron chi connectivity index (χ4n) is 3.33. The largest absolute Gasteiger partial charge is 0.343 e. The molecule has 0 spiro atoms. The van der Waals surface area contributed by atoms with Crippen LogP contribution in [0.4, 0.5) is 0 Å². The predicted molar refractivity (Wildman–Crippen MR) is 119 cm³/mol. The maximum atomic E-state index is 3.62. The van der Waals surface area contributed by atoms with Gasteiger partial charge in [0.1, 0.15) is 0 Å². The van der Waals surface area contributed by atoms with Gasteiger partial charge in [-0.3, -0.25) is 0 Å². The summed E-state index contributed by atoms with van der Waals surface area (Å²) in [7, 11) is 0. The Morgan fingerprint density at radius 1 is 0.778 bits per heavy atom. The molecule has 1 N–H and O–H groups in total. The van der Waals surface area contributed by atoms with Crippen molar-refractivity contribution in [2.45, 2.75) is 19.6 Å². The molecule has 0 radical (unpaired) electrons. The van der Waals surface area contributed by atoms with Crippen LogP contribution in [-0.4, -0.2) is 4.57 Å². The monoisotopic (exact) mass is 440 g/mol. The Morgan fingerprint density at radius 2 is 1.44 bits per heavy atom. The van der Waals surface area contributed by atoms with E-state index in [4.69, 9.17) is 0 Å². The van der Waals surface area contributed by atoms with E-state index in [9.17, 15) is 0 Å². The third kappa shape index (κ3) is 4.81.